The van der Waals surface area contributed by atoms with Crippen LogP contribution in [-0.2, 0) is 0 Å². The Kier molecular flexibility index (Phi) is 2.28. The van der Waals surface area contributed by atoms with E-state index in [0.29, 0.717) is 6.67 Å². The molecule has 1 saturated carbocycles. The minimum absolute atomic E-state index is 0.409. The third-order valence-electron chi connectivity index (χ3n) is 2.16. The fourth-order valence-corrected chi connectivity index (χ4v) is 1.31. The van der Waals surface area contributed by atoms with Crippen LogP contribution in [0.4, 0.5) is 0 Å². The van der Waals surface area contributed by atoms with Crippen LogP contribution < -0.4 is 5.73 Å². The molecule has 0 radical (unpaired) electrons. The smallest absolute Gasteiger partial charge is 0.0774 e. The lowest BCUT2D eigenvalue weighted by Gasteiger charge is -2.39. The summed E-state index contributed by atoms with van der Waals surface area (Å²) in [5.41, 5.74) is 4.96. The average Bonchev–Trinajstić information content (AvgIpc) is 1.84. The van der Waals surface area contributed by atoms with Crippen LogP contribution >= 0.6 is 0 Å². The first kappa shape index (κ1) is 7.98. The van der Waals surface area contributed by atoms with Crippen molar-refractivity contribution in [3.63, 3.8) is 0 Å². The Labute approximate surface area is 61.8 Å². The van der Waals surface area contributed by atoms with Crippen molar-refractivity contribution in [3.8, 4) is 0 Å². The van der Waals surface area contributed by atoms with Gasteiger partial charge in [-0.3, -0.25) is 4.90 Å². The van der Waals surface area contributed by atoms with E-state index in [1.54, 1.807) is 0 Å². The van der Waals surface area contributed by atoms with Gasteiger partial charge in [0, 0.05) is 13.2 Å². The van der Waals surface area contributed by atoms with E-state index < -0.39 is 5.60 Å². The first-order valence-electron chi connectivity index (χ1n) is 3.77. The van der Waals surface area contributed by atoms with Gasteiger partial charge in [0.05, 0.1) is 5.60 Å². The highest BCUT2D eigenvalue weighted by atomic mass is 16.3. The summed E-state index contributed by atoms with van der Waals surface area (Å²) in [5, 5.41) is 9.61. The Balaban J connectivity index is 2.22. The van der Waals surface area contributed by atoms with Crippen LogP contribution in [0, 0.1) is 0 Å². The molecule has 0 aromatic rings. The van der Waals surface area contributed by atoms with Crippen LogP contribution in [0.25, 0.3) is 0 Å². The second-order valence-electron chi connectivity index (χ2n) is 3.27. The van der Waals surface area contributed by atoms with Gasteiger partial charge >= 0.3 is 0 Å². The summed E-state index contributed by atoms with van der Waals surface area (Å²) in [4.78, 5) is 1.94. The lowest BCUT2D eigenvalue weighted by molar-refractivity contribution is -0.0538. The molecule has 1 fully saturated rings. The summed E-state index contributed by atoms with van der Waals surface area (Å²) < 4.78 is 0. The van der Waals surface area contributed by atoms with Gasteiger partial charge in [-0.15, -0.1) is 0 Å². The molecule has 1 aliphatic rings. The molecule has 0 spiro atoms. The number of nitrogens with zero attached hydrogens (tertiary/aromatic N) is 1. The SMILES string of the molecule is CN(CN)CC1(O)CCC1. The van der Waals surface area contributed by atoms with Gasteiger partial charge in [-0.1, -0.05) is 0 Å². The molecule has 0 bridgehead atoms. The van der Waals surface area contributed by atoms with Crippen LogP contribution in [-0.4, -0.2) is 35.9 Å². The van der Waals surface area contributed by atoms with Crippen molar-refractivity contribution in [1.82, 2.24) is 4.90 Å². The zero-order valence-corrected chi connectivity index (χ0v) is 6.51. The normalized spacial score (nSPS) is 22.8. The number of hydrogen-bond acceptors (Lipinski definition) is 3. The highest BCUT2D eigenvalue weighted by Crippen LogP contribution is 2.31. The fraction of sp³-hybridized carbons (Fsp3) is 1.00. The monoisotopic (exact) mass is 144 g/mol. The van der Waals surface area contributed by atoms with E-state index >= 15 is 0 Å². The summed E-state index contributed by atoms with van der Waals surface area (Å²) in [6.07, 6.45) is 3.05. The zero-order chi connectivity index (χ0) is 7.61. The van der Waals surface area contributed by atoms with Gasteiger partial charge in [-0.25, -0.2) is 0 Å². The second-order valence-corrected chi connectivity index (χ2v) is 3.27. The summed E-state index contributed by atoms with van der Waals surface area (Å²) in [7, 11) is 1.93. The predicted molar refractivity (Wildman–Crippen MR) is 40.5 cm³/mol. The van der Waals surface area contributed by atoms with Gasteiger partial charge in [-0.2, -0.15) is 0 Å². The van der Waals surface area contributed by atoms with Crippen LogP contribution in [0.3, 0.4) is 0 Å². The molecular weight excluding hydrogens is 128 g/mol. The topological polar surface area (TPSA) is 49.5 Å². The van der Waals surface area contributed by atoms with Crippen LogP contribution in [0.5, 0.6) is 0 Å². The molecule has 10 heavy (non-hydrogen) atoms. The van der Waals surface area contributed by atoms with Gasteiger partial charge in [-0.05, 0) is 26.3 Å². The molecular formula is C7H16N2O. The molecule has 0 aromatic heterocycles. The van der Waals surface area contributed by atoms with E-state index in [4.69, 9.17) is 5.73 Å². The molecule has 3 nitrogen and oxygen atoms in total. The average molecular weight is 144 g/mol. The summed E-state index contributed by atoms with van der Waals surface area (Å²) >= 11 is 0. The fourth-order valence-electron chi connectivity index (χ4n) is 1.31. The maximum absolute atomic E-state index is 9.61. The van der Waals surface area contributed by atoms with Crippen molar-refractivity contribution in [2.75, 3.05) is 20.3 Å². The van der Waals surface area contributed by atoms with Crippen molar-refractivity contribution < 1.29 is 5.11 Å². The number of aliphatic hydroxyl groups is 1. The molecule has 3 heteroatoms. The third kappa shape index (κ3) is 1.68. The minimum Gasteiger partial charge on any atom is -0.389 e. The summed E-state index contributed by atoms with van der Waals surface area (Å²) in [6, 6.07) is 0. The summed E-state index contributed by atoms with van der Waals surface area (Å²) in [6.45, 7) is 1.26. The number of nitrogens with two attached hydrogens (primary N) is 1. The van der Waals surface area contributed by atoms with E-state index in [9.17, 15) is 5.11 Å². The van der Waals surface area contributed by atoms with Gasteiger partial charge in [0.15, 0.2) is 0 Å². The second kappa shape index (κ2) is 2.86. The van der Waals surface area contributed by atoms with E-state index in [1.165, 1.54) is 0 Å². The molecule has 0 atom stereocenters. The molecule has 0 aliphatic heterocycles. The van der Waals surface area contributed by atoms with Crippen LogP contribution in [0.1, 0.15) is 19.3 Å². The number of hydrogen-bond donors (Lipinski definition) is 2. The Morgan fingerprint density at radius 3 is 2.50 bits per heavy atom. The van der Waals surface area contributed by atoms with Crippen molar-refractivity contribution in [1.29, 1.82) is 0 Å². The van der Waals surface area contributed by atoms with Gasteiger partial charge in [0.2, 0.25) is 0 Å². The quantitative estimate of drug-likeness (QED) is 0.537. The Bertz CT molecular complexity index is 112. The molecule has 0 unspecified atom stereocenters. The molecule has 0 heterocycles. The first-order valence-corrected chi connectivity index (χ1v) is 3.77. The predicted octanol–water partition coefficient (Wildman–Crippen LogP) is -0.251. The van der Waals surface area contributed by atoms with Crippen LogP contribution in [0.2, 0.25) is 0 Å². The molecule has 1 aliphatic carbocycles. The van der Waals surface area contributed by atoms with Gasteiger partial charge in [0.1, 0.15) is 0 Å². The molecule has 0 amide bonds. The van der Waals surface area contributed by atoms with Crippen LogP contribution in [0.15, 0.2) is 0 Å². The number of likely N-dealkylation sites (N-methyl/N-ethyl adjacent to an activating group) is 1. The molecule has 60 valence electrons. The third-order valence-corrected chi connectivity index (χ3v) is 2.16. The Morgan fingerprint density at radius 2 is 2.20 bits per heavy atom. The van der Waals surface area contributed by atoms with E-state index in [1.807, 2.05) is 11.9 Å². The maximum Gasteiger partial charge on any atom is 0.0774 e. The molecule has 0 saturated heterocycles. The van der Waals surface area contributed by atoms with E-state index in [-0.39, 0.29) is 0 Å². The van der Waals surface area contributed by atoms with Gasteiger partial charge in [0.25, 0.3) is 0 Å². The summed E-state index contributed by atoms with van der Waals surface area (Å²) in [5.74, 6) is 0. The standard InChI is InChI=1S/C7H16N2O/c1-9(6-8)5-7(10)3-2-4-7/h10H,2-6,8H2,1H3. The van der Waals surface area contributed by atoms with Crippen molar-refractivity contribution in [2.45, 2.75) is 24.9 Å². The van der Waals surface area contributed by atoms with E-state index in [2.05, 4.69) is 0 Å². The highest BCUT2D eigenvalue weighted by Gasteiger charge is 2.34. The van der Waals surface area contributed by atoms with Crippen molar-refractivity contribution in [2.24, 2.45) is 5.73 Å². The number of rotatable bonds is 3. The Morgan fingerprint density at radius 1 is 1.60 bits per heavy atom. The van der Waals surface area contributed by atoms with Gasteiger partial charge < -0.3 is 10.8 Å². The lowest BCUT2D eigenvalue weighted by Crippen LogP contribution is -2.48. The molecule has 0 aromatic carbocycles. The largest absolute Gasteiger partial charge is 0.389 e. The maximum atomic E-state index is 9.61. The molecule has 3 N–H and O–H groups in total. The van der Waals surface area contributed by atoms with Crippen molar-refractivity contribution in [3.05, 3.63) is 0 Å². The minimum atomic E-state index is -0.409. The zero-order valence-electron chi connectivity index (χ0n) is 6.51. The highest BCUT2D eigenvalue weighted by molar-refractivity contribution is 4.89. The van der Waals surface area contributed by atoms with Crippen molar-refractivity contribution >= 4 is 0 Å². The lowest BCUT2D eigenvalue weighted by atomic mass is 9.80. The first-order chi connectivity index (χ1) is 4.66. The molecule has 1 rings (SSSR count). The van der Waals surface area contributed by atoms with E-state index in [0.717, 1.165) is 25.8 Å². The Hall–Kier alpha value is -0.120.